The molecule has 1 fully saturated rings. The van der Waals surface area contributed by atoms with Crippen LogP contribution >= 0.6 is 0 Å². The van der Waals surface area contributed by atoms with E-state index in [-0.39, 0.29) is 28.0 Å². The molecule has 3 rings (SSSR count). The first-order valence-corrected chi connectivity index (χ1v) is 11.5. The summed E-state index contributed by atoms with van der Waals surface area (Å²) in [6.45, 7) is 4.24. The lowest BCUT2D eigenvalue weighted by atomic mass is 10.2. The summed E-state index contributed by atoms with van der Waals surface area (Å²) >= 11 is 0. The van der Waals surface area contributed by atoms with Gasteiger partial charge in [-0.3, -0.25) is 19.5 Å². The lowest BCUT2D eigenvalue weighted by Crippen LogP contribution is -2.32. The lowest BCUT2D eigenvalue weighted by Gasteiger charge is -2.19. The van der Waals surface area contributed by atoms with Gasteiger partial charge in [-0.05, 0) is 32.5 Å². The Labute approximate surface area is 209 Å². The molecular weight excluding hydrogens is 502 g/mol. The maximum Gasteiger partial charge on any atom is 0.417 e. The predicted octanol–water partition coefficient (Wildman–Crippen LogP) is 5.62. The van der Waals surface area contributed by atoms with Gasteiger partial charge in [0.05, 0.1) is 23.0 Å². The summed E-state index contributed by atoms with van der Waals surface area (Å²) in [5, 5.41) is 6.51. The zero-order valence-electron chi connectivity index (χ0n) is 20.0. The average molecular weight is 529 g/mol. The minimum atomic E-state index is -4.69. The molecule has 0 spiro atoms. The van der Waals surface area contributed by atoms with Crippen LogP contribution in [0, 0.1) is 0 Å². The molecule has 7 nitrogen and oxygen atoms in total. The Morgan fingerprint density at radius 2 is 1.84 bits per heavy atom. The number of alkyl halides is 6. The minimum Gasteiger partial charge on any atom is -0.358 e. The number of pyridine rings is 1. The largest absolute Gasteiger partial charge is 0.417 e. The Morgan fingerprint density at radius 1 is 1.16 bits per heavy atom. The van der Waals surface area contributed by atoms with E-state index in [2.05, 4.69) is 27.1 Å². The van der Waals surface area contributed by atoms with Crippen molar-refractivity contribution in [2.24, 2.45) is 4.99 Å². The number of carbonyl (C=O) groups is 1. The third-order valence-electron chi connectivity index (χ3n) is 5.61. The van der Waals surface area contributed by atoms with Crippen molar-refractivity contribution >= 4 is 29.2 Å². The van der Waals surface area contributed by atoms with Gasteiger partial charge < -0.3 is 10.2 Å². The summed E-state index contributed by atoms with van der Waals surface area (Å²) in [6.07, 6.45) is -0.845. The van der Waals surface area contributed by atoms with Crippen molar-refractivity contribution in [3.05, 3.63) is 53.8 Å². The Kier molecular flexibility index (Phi) is 8.77. The highest BCUT2D eigenvalue weighted by Crippen LogP contribution is 2.29. The molecule has 0 unspecified atom stereocenters. The molecule has 0 aliphatic carbocycles. The van der Waals surface area contributed by atoms with Crippen LogP contribution < -0.4 is 5.32 Å². The van der Waals surface area contributed by atoms with E-state index in [0.29, 0.717) is 24.0 Å². The minimum absolute atomic E-state index is 0.0445. The molecule has 1 amide bonds. The van der Waals surface area contributed by atoms with Gasteiger partial charge in [-0.15, -0.1) is 0 Å². The van der Waals surface area contributed by atoms with Gasteiger partial charge in [0.1, 0.15) is 17.9 Å². The molecule has 0 saturated carbocycles. The number of allylic oxidation sites excluding steroid dienone is 3. The van der Waals surface area contributed by atoms with E-state index in [9.17, 15) is 31.1 Å². The lowest BCUT2D eigenvalue weighted by molar-refractivity contribution is -0.141. The van der Waals surface area contributed by atoms with Crippen LogP contribution in [-0.2, 0) is 6.54 Å². The number of nitrogens with one attached hydrogen (secondary N) is 1. The number of amides is 1. The van der Waals surface area contributed by atoms with Crippen molar-refractivity contribution in [1.82, 2.24) is 25.0 Å². The molecule has 2 aromatic heterocycles. The van der Waals surface area contributed by atoms with Gasteiger partial charge in [-0.1, -0.05) is 25.0 Å². The van der Waals surface area contributed by atoms with Crippen LogP contribution in [0.2, 0.25) is 0 Å². The quantitative estimate of drug-likeness (QED) is 0.288. The van der Waals surface area contributed by atoms with Crippen molar-refractivity contribution < 1.29 is 31.1 Å². The Hall–Kier alpha value is -3.64. The van der Waals surface area contributed by atoms with Crippen LogP contribution in [0.15, 0.2) is 47.4 Å². The Morgan fingerprint density at radius 3 is 2.41 bits per heavy atom. The summed E-state index contributed by atoms with van der Waals surface area (Å²) < 4.78 is 80.5. The monoisotopic (exact) mass is 528 g/mol. The summed E-state index contributed by atoms with van der Waals surface area (Å²) in [4.78, 5) is 22.3. The summed E-state index contributed by atoms with van der Waals surface area (Å²) in [5.41, 5.74) is -1.40. The molecule has 1 saturated heterocycles. The van der Waals surface area contributed by atoms with Crippen molar-refractivity contribution in [2.75, 3.05) is 13.1 Å². The van der Waals surface area contributed by atoms with Gasteiger partial charge in [0, 0.05) is 30.9 Å². The molecule has 1 aliphatic heterocycles. The molecule has 1 N–H and O–H groups in total. The smallest absolute Gasteiger partial charge is 0.358 e. The number of likely N-dealkylation sites (tertiary alicyclic amines) is 1. The maximum atomic E-state index is 13.3. The number of fused-ring (bicyclic) bond motifs is 1. The molecule has 200 valence electrons. The molecule has 13 heteroatoms. The van der Waals surface area contributed by atoms with Crippen molar-refractivity contribution in [3.63, 3.8) is 0 Å². The van der Waals surface area contributed by atoms with E-state index < -0.39 is 30.4 Å². The predicted molar refractivity (Wildman–Crippen MR) is 128 cm³/mol. The topological polar surface area (TPSA) is 75.4 Å². The Bertz CT molecular complexity index is 1220. The molecular formula is C24H26F6N6O. The van der Waals surface area contributed by atoms with Crippen LogP contribution in [0.3, 0.4) is 0 Å². The average Bonchev–Trinajstić information content (AvgIpc) is 2.98. The van der Waals surface area contributed by atoms with Crippen molar-refractivity contribution in [3.8, 4) is 0 Å². The van der Waals surface area contributed by atoms with Gasteiger partial charge in [-0.25, -0.2) is 0 Å². The maximum absolute atomic E-state index is 13.3. The molecule has 0 aromatic carbocycles. The SMILES string of the molecule is C=N/C=C(\N/C=C(\C=C/C)C(F)(F)F)c1nn(CC(F)(F)F)c2cc(C(=O)N3CCCCCC3)ncc12. The molecule has 3 heterocycles. The number of rotatable bonds is 7. The second-order valence-electron chi connectivity index (χ2n) is 8.38. The van der Waals surface area contributed by atoms with E-state index >= 15 is 0 Å². The molecule has 0 bridgehead atoms. The Balaban J connectivity index is 2.09. The van der Waals surface area contributed by atoms with E-state index in [1.165, 1.54) is 25.3 Å². The number of hydrogen-bond acceptors (Lipinski definition) is 5. The number of carbonyl (C=O) groups excluding carboxylic acids is 1. The molecule has 0 radical (unpaired) electrons. The first-order chi connectivity index (χ1) is 17.4. The number of nitrogens with zero attached hydrogens (tertiary/aromatic N) is 5. The van der Waals surface area contributed by atoms with E-state index in [0.717, 1.165) is 38.0 Å². The molecule has 37 heavy (non-hydrogen) atoms. The van der Waals surface area contributed by atoms with Crippen LogP contribution in [0.4, 0.5) is 26.3 Å². The van der Waals surface area contributed by atoms with E-state index in [4.69, 9.17) is 0 Å². The summed E-state index contributed by atoms with van der Waals surface area (Å²) in [6, 6.07) is 1.22. The van der Waals surface area contributed by atoms with Crippen molar-refractivity contribution in [2.45, 2.75) is 51.5 Å². The zero-order valence-corrected chi connectivity index (χ0v) is 20.0. The van der Waals surface area contributed by atoms with Crippen LogP contribution in [-0.4, -0.2) is 57.7 Å². The van der Waals surface area contributed by atoms with Crippen LogP contribution in [0.5, 0.6) is 0 Å². The van der Waals surface area contributed by atoms with Crippen LogP contribution in [0.25, 0.3) is 16.6 Å². The number of aromatic nitrogens is 3. The summed E-state index contributed by atoms with van der Waals surface area (Å²) in [7, 11) is 0. The molecule has 1 aliphatic rings. The third kappa shape index (κ3) is 7.20. The zero-order chi connectivity index (χ0) is 27.2. The summed E-state index contributed by atoms with van der Waals surface area (Å²) in [5.74, 6) is -0.407. The fourth-order valence-electron chi connectivity index (χ4n) is 3.93. The van der Waals surface area contributed by atoms with Crippen LogP contribution in [0.1, 0.15) is 48.8 Å². The van der Waals surface area contributed by atoms with Gasteiger partial charge in [0.25, 0.3) is 5.91 Å². The highest BCUT2D eigenvalue weighted by Gasteiger charge is 2.33. The highest BCUT2D eigenvalue weighted by molar-refractivity contribution is 5.98. The van der Waals surface area contributed by atoms with E-state index in [1.807, 2.05) is 0 Å². The van der Waals surface area contributed by atoms with Crippen molar-refractivity contribution in [1.29, 1.82) is 0 Å². The van der Waals surface area contributed by atoms with Gasteiger partial charge >= 0.3 is 12.4 Å². The molecule has 0 atom stereocenters. The van der Waals surface area contributed by atoms with E-state index in [1.54, 1.807) is 4.90 Å². The number of aliphatic imine (C=N–C) groups is 1. The standard InChI is InChI=1S/C24H26F6N6O/c1-3-8-16(24(28,29)30)12-32-19(14-31-2)21-17-13-33-18(22(37)35-9-6-4-5-7-10-35)11-20(17)36(34-21)15-23(25,26)27/h3,8,11-14,32H,2,4-7,9-10,15H2,1H3/b8-3-,16-12+,19-14-. The van der Waals surface area contributed by atoms with Gasteiger partial charge in [-0.2, -0.15) is 31.4 Å². The second-order valence-corrected chi connectivity index (χ2v) is 8.38. The first-order valence-electron chi connectivity index (χ1n) is 11.5. The second kappa shape index (κ2) is 11.6. The molecule has 2 aromatic rings. The third-order valence-corrected chi connectivity index (χ3v) is 5.61. The first kappa shape index (κ1) is 27.9. The van der Waals surface area contributed by atoms with Gasteiger partial charge in [0.2, 0.25) is 0 Å². The number of halogens is 6. The highest BCUT2D eigenvalue weighted by atomic mass is 19.4. The fourth-order valence-corrected chi connectivity index (χ4v) is 3.93. The van der Waals surface area contributed by atoms with Gasteiger partial charge in [0.15, 0.2) is 0 Å². The number of hydrogen-bond donors (Lipinski definition) is 1. The normalized spacial score (nSPS) is 16.4. The fraction of sp³-hybridized carbons (Fsp3) is 0.417.